The van der Waals surface area contributed by atoms with E-state index in [1.807, 2.05) is 13.0 Å². The molecule has 2 aromatic rings. The molecular formula is C23H32ClN3O. The van der Waals surface area contributed by atoms with Crippen molar-refractivity contribution in [3.05, 3.63) is 51.8 Å². The van der Waals surface area contributed by atoms with E-state index in [0.717, 1.165) is 11.5 Å². The number of fused-ring (bicyclic) bond motifs is 1. The first-order valence-electron chi connectivity index (χ1n) is 10.6. The van der Waals surface area contributed by atoms with Crippen LogP contribution in [0.2, 0.25) is 5.02 Å². The van der Waals surface area contributed by atoms with Gasteiger partial charge in [0, 0.05) is 19.3 Å². The standard InChI is InChI=1S/C14H22N2.C9H10ClNO/c1-2-6-12(7-3-1)11-16-14-9-5-4-8-13(14)10-15-16;1-6-3-4-8(10)7(5-6)9(12)11-2/h10,12H,1-9,11H2;3-5H,1-2H3,(H,11,12). The minimum atomic E-state index is -0.149. The Bertz CT molecular complexity index is 793. The van der Waals surface area contributed by atoms with Crippen LogP contribution in [0.1, 0.15) is 72.1 Å². The molecule has 0 saturated heterocycles. The third-order valence-corrected chi connectivity index (χ3v) is 6.22. The van der Waals surface area contributed by atoms with E-state index in [0.29, 0.717) is 10.6 Å². The van der Waals surface area contributed by atoms with Crippen molar-refractivity contribution in [2.24, 2.45) is 5.92 Å². The number of carbonyl (C=O) groups excluding carboxylic acids is 1. The van der Waals surface area contributed by atoms with Gasteiger partial charge in [-0.15, -0.1) is 0 Å². The van der Waals surface area contributed by atoms with Crippen molar-refractivity contribution in [2.45, 2.75) is 71.3 Å². The van der Waals surface area contributed by atoms with Gasteiger partial charge in [0.2, 0.25) is 0 Å². The van der Waals surface area contributed by atoms with Crippen LogP contribution in [0.15, 0.2) is 24.4 Å². The van der Waals surface area contributed by atoms with Crippen LogP contribution in [0.25, 0.3) is 0 Å². The molecule has 5 heteroatoms. The number of hydrogen-bond acceptors (Lipinski definition) is 2. The predicted molar refractivity (Wildman–Crippen MR) is 115 cm³/mol. The van der Waals surface area contributed by atoms with E-state index in [1.165, 1.54) is 69.9 Å². The zero-order valence-corrected chi connectivity index (χ0v) is 17.9. The molecule has 1 heterocycles. The van der Waals surface area contributed by atoms with Crippen molar-refractivity contribution >= 4 is 17.5 Å². The maximum Gasteiger partial charge on any atom is 0.252 e. The number of benzene rings is 1. The maximum absolute atomic E-state index is 11.2. The summed E-state index contributed by atoms with van der Waals surface area (Å²) in [5, 5.41) is 7.62. The van der Waals surface area contributed by atoms with E-state index in [-0.39, 0.29) is 5.91 Å². The average molecular weight is 402 g/mol. The van der Waals surface area contributed by atoms with E-state index < -0.39 is 0 Å². The second-order valence-corrected chi connectivity index (χ2v) is 8.48. The summed E-state index contributed by atoms with van der Waals surface area (Å²) in [6, 6.07) is 5.36. The van der Waals surface area contributed by atoms with Crippen LogP contribution < -0.4 is 5.32 Å². The molecule has 0 radical (unpaired) electrons. The zero-order chi connectivity index (χ0) is 19.9. The van der Waals surface area contributed by atoms with Crippen LogP contribution in [0.3, 0.4) is 0 Å². The first-order valence-corrected chi connectivity index (χ1v) is 11.0. The lowest BCUT2D eigenvalue weighted by atomic mass is 9.89. The Morgan fingerprint density at radius 2 is 1.93 bits per heavy atom. The first kappa shape index (κ1) is 20.9. The lowest BCUT2D eigenvalue weighted by Crippen LogP contribution is -2.18. The van der Waals surface area contributed by atoms with Gasteiger partial charge < -0.3 is 5.32 Å². The Hall–Kier alpha value is -1.81. The molecule has 1 amide bonds. The number of aryl methyl sites for hydroxylation is 2. The summed E-state index contributed by atoms with van der Waals surface area (Å²) in [4.78, 5) is 11.2. The molecule has 1 fully saturated rings. The number of aromatic nitrogens is 2. The maximum atomic E-state index is 11.2. The third-order valence-electron chi connectivity index (χ3n) is 5.89. The number of carbonyl (C=O) groups is 1. The molecule has 1 N–H and O–H groups in total. The van der Waals surface area contributed by atoms with E-state index in [9.17, 15) is 4.79 Å². The predicted octanol–water partition coefficient (Wildman–Crippen LogP) is 5.35. The summed E-state index contributed by atoms with van der Waals surface area (Å²) in [5.74, 6) is 0.753. The molecular weight excluding hydrogens is 370 g/mol. The Morgan fingerprint density at radius 3 is 2.68 bits per heavy atom. The summed E-state index contributed by atoms with van der Waals surface area (Å²) in [7, 11) is 1.58. The largest absolute Gasteiger partial charge is 0.355 e. The molecule has 4 rings (SSSR count). The topological polar surface area (TPSA) is 46.9 Å². The number of nitrogens with one attached hydrogen (secondary N) is 1. The zero-order valence-electron chi connectivity index (χ0n) is 17.1. The first-order chi connectivity index (χ1) is 13.6. The molecule has 2 aliphatic rings. The minimum Gasteiger partial charge on any atom is -0.355 e. The number of amides is 1. The molecule has 1 aromatic heterocycles. The fraction of sp³-hybridized carbons (Fsp3) is 0.565. The normalized spacial score (nSPS) is 16.7. The van der Waals surface area contributed by atoms with E-state index in [4.69, 9.17) is 11.6 Å². The lowest BCUT2D eigenvalue weighted by molar-refractivity contribution is 0.0963. The fourth-order valence-corrected chi connectivity index (χ4v) is 4.48. The van der Waals surface area contributed by atoms with Crippen LogP contribution in [0, 0.1) is 12.8 Å². The number of halogens is 1. The Kier molecular flexibility index (Phi) is 7.55. The molecule has 0 aliphatic heterocycles. The molecule has 1 aromatic carbocycles. The summed E-state index contributed by atoms with van der Waals surface area (Å²) in [5.41, 5.74) is 4.64. The number of hydrogen-bond donors (Lipinski definition) is 1. The van der Waals surface area contributed by atoms with Gasteiger partial charge in [-0.25, -0.2) is 0 Å². The number of nitrogens with zero attached hydrogens (tertiary/aromatic N) is 2. The van der Waals surface area contributed by atoms with Crippen molar-refractivity contribution in [3.8, 4) is 0 Å². The lowest BCUT2D eigenvalue weighted by Gasteiger charge is -2.23. The van der Waals surface area contributed by atoms with Crippen LogP contribution in [-0.2, 0) is 19.4 Å². The van der Waals surface area contributed by atoms with Gasteiger partial charge in [0.1, 0.15) is 0 Å². The second-order valence-electron chi connectivity index (χ2n) is 8.07. The van der Waals surface area contributed by atoms with Crippen LogP contribution in [0.5, 0.6) is 0 Å². The highest BCUT2D eigenvalue weighted by Crippen LogP contribution is 2.27. The number of rotatable bonds is 3. The highest BCUT2D eigenvalue weighted by molar-refractivity contribution is 6.33. The second kappa shape index (κ2) is 10.1. The summed E-state index contributed by atoms with van der Waals surface area (Å²) in [6.07, 6.45) is 14.6. The molecule has 28 heavy (non-hydrogen) atoms. The quantitative estimate of drug-likeness (QED) is 0.753. The fourth-order valence-electron chi connectivity index (χ4n) is 4.28. The average Bonchev–Trinajstić information content (AvgIpc) is 3.13. The molecule has 0 bridgehead atoms. The van der Waals surface area contributed by atoms with E-state index in [2.05, 4.69) is 21.3 Å². The molecule has 1 saturated carbocycles. The van der Waals surface area contributed by atoms with Crippen LogP contribution in [0.4, 0.5) is 0 Å². The molecule has 0 atom stereocenters. The highest BCUT2D eigenvalue weighted by Gasteiger charge is 2.19. The molecule has 152 valence electrons. The van der Waals surface area contributed by atoms with Crippen LogP contribution in [-0.4, -0.2) is 22.7 Å². The summed E-state index contributed by atoms with van der Waals surface area (Å²) in [6.45, 7) is 3.11. The van der Waals surface area contributed by atoms with E-state index in [1.54, 1.807) is 24.9 Å². The highest BCUT2D eigenvalue weighted by atomic mass is 35.5. The summed E-state index contributed by atoms with van der Waals surface area (Å²) >= 11 is 5.81. The van der Waals surface area contributed by atoms with Gasteiger partial charge in [0.15, 0.2) is 0 Å². The Labute approximate surface area is 173 Å². The van der Waals surface area contributed by atoms with Gasteiger partial charge in [0.05, 0.1) is 16.8 Å². The van der Waals surface area contributed by atoms with Gasteiger partial charge in [-0.3, -0.25) is 9.48 Å². The third kappa shape index (κ3) is 5.38. The molecule has 0 spiro atoms. The van der Waals surface area contributed by atoms with Gasteiger partial charge in [-0.2, -0.15) is 5.10 Å². The monoisotopic (exact) mass is 401 g/mol. The Morgan fingerprint density at radius 1 is 1.18 bits per heavy atom. The van der Waals surface area contributed by atoms with Crippen molar-refractivity contribution in [2.75, 3.05) is 7.05 Å². The van der Waals surface area contributed by atoms with Crippen molar-refractivity contribution in [3.63, 3.8) is 0 Å². The molecule has 4 nitrogen and oxygen atoms in total. The minimum absolute atomic E-state index is 0.149. The van der Waals surface area contributed by atoms with Crippen molar-refractivity contribution in [1.82, 2.24) is 15.1 Å². The SMILES string of the molecule is CNC(=O)c1cc(C)ccc1Cl.c1nn(CC2CCCCC2)c2c1CCCC2. The Balaban J connectivity index is 0.000000169. The molecule has 2 aliphatic carbocycles. The van der Waals surface area contributed by atoms with Crippen LogP contribution >= 0.6 is 11.6 Å². The van der Waals surface area contributed by atoms with Gasteiger partial charge >= 0.3 is 0 Å². The summed E-state index contributed by atoms with van der Waals surface area (Å²) < 4.78 is 2.32. The van der Waals surface area contributed by atoms with Gasteiger partial charge in [-0.05, 0) is 69.1 Å². The smallest absolute Gasteiger partial charge is 0.252 e. The van der Waals surface area contributed by atoms with Crippen molar-refractivity contribution < 1.29 is 4.79 Å². The molecule has 0 unspecified atom stereocenters. The van der Waals surface area contributed by atoms with Gasteiger partial charge in [0.25, 0.3) is 5.91 Å². The van der Waals surface area contributed by atoms with Crippen molar-refractivity contribution in [1.29, 1.82) is 0 Å². The van der Waals surface area contributed by atoms with E-state index >= 15 is 0 Å². The van der Waals surface area contributed by atoms with Gasteiger partial charge in [-0.1, -0.05) is 42.5 Å².